The number of anilines is 1. The lowest BCUT2D eigenvalue weighted by molar-refractivity contribution is -0.115. The predicted octanol–water partition coefficient (Wildman–Crippen LogP) is 2.95. The molecule has 0 bridgehead atoms. The molecule has 3 aromatic rings. The summed E-state index contributed by atoms with van der Waals surface area (Å²) in [6.07, 6.45) is 1.21. The smallest absolute Gasteiger partial charge is 0.322 e. The molecule has 0 fully saturated rings. The molecule has 0 aliphatic heterocycles. The largest absolute Gasteiger partial charge is 0.407 e. The fraction of sp³-hybridized carbons (Fsp3) is 0.167. The maximum atomic E-state index is 12.1. The molecule has 0 spiro atoms. The molecule has 0 unspecified atom stereocenters. The Balaban J connectivity index is 1.53. The number of amides is 1. The van der Waals surface area contributed by atoms with Gasteiger partial charge in [-0.2, -0.15) is 0 Å². The lowest BCUT2D eigenvalue weighted by Crippen LogP contribution is -2.14. The molecule has 1 N–H and O–H groups in total. The number of hydrogen-bond acceptors (Lipinski definition) is 7. The topological polar surface area (TPSA) is 102 Å². The number of hydrogen-bond donors (Lipinski definition) is 1. The Kier molecular flexibility index (Phi) is 5.92. The third kappa shape index (κ3) is 5.66. The molecule has 0 aliphatic carbocycles. The van der Waals surface area contributed by atoms with Gasteiger partial charge < -0.3 is 4.42 Å². The van der Waals surface area contributed by atoms with Crippen molar-refractivity contribution in [1.29, 1.82) is 0 Å². The summed E-state index contributed by atoms with van der Waals surface area (Å²) in [6.45, 7) is 0. The Bertz CT molecular complexity index is 1020. The Hall–Kier alpha value is -2.65. The van der Waals surface area contributed by atoms with Gasteiger partial charge in [-0.05, 0) is 29.8 Å². The highest BCUT2D eigenvalue weighted by atomic mass is 32.2. The van der Waals surface area contributed by atoms with Crippen LogP contribution in [0, 0.1) is 0 Å². The Morgan fingerprint density at radius 1 is 1.07 bits per heavy atom. The van der Waals surface area contributed by atoms with Crippen LogP contribution in [0.1, 0.15) is 11.5 Å². The summed E-state index contributed by atoms with van der Waals surface area (Å²) in [5.74, 6) is 0.588. The van der Waals surface area contributed by atoms with E-state index in [9.17, 15) is 13.2 Å². The lowest BCUT2D eigenvalue weighted by atomic mass is 10.1. The van der Waals surface area contributed by atoms with E-state index in [1.54, 1.807) is 23.9 Å². The van der Waals surface area contributed by atoms with Crippen molar-refractivity contribution in [3.8, 4) is 0 Å². The van der Waals surface area contributed by atoms with E-state index in [2.05, 4.69) is 15.5 Å². The van der Waals surface area contributed by atoms with Gasteiger partial charge in [-0.25, -0.2) is 8.42 Å². The van der Waals surface area contributed by atoms with Crippen molar-refractivity contribution in [2.75, 3.05) is 11.6 Å². The van der Waals surface area contributed by atoms with Gasteiger partial charge in [0.15, 0.2) is 9.84 Å². The van der Waals surface area contributed by atoms with Crippen molar-refractivity contribution < 1.29 is 17.6 Å². The Morgan fingerprint density at radius 3 is 2.44 bits per heavy atom. The minimum atomic E-state index is -3.26. The SMILES string of the molecule is CS(=O)(=O)c1ccc(CC(=O)Nc2nnc(CSc3ccccc3)o2)cc1. The number of benzene rings is 2. The molecule has 140 valence electrons. The highest BCUT2D eigenvalue weighted by Gasteiger charge is 2.12. The summed E-state index contributed by atoms with van der Waals surface area (Å²) in [5, 5.41) is 10.3. The zero-order valence-corrected chi connectivity index (χ0v) is 16.1. The summed E-state index contributed by atoms with van der Waals surface area (Å²) in [6, 6.07) is 16.0. The van der Waals surface area contributed by atoms with Crippen LogP contribution >= 0.6 is 11.8 Å². The number of nitrogens with one attached hydrogen (secondary N) is 1. The van der Waals surface area contributed by atoms with Gasteiger partial charge in [-0.1, -0.05) is 35.4 Å². The minimum absolute atomic E-state index is 0.0383. The highest BCUT2D eigenvalue weighted by molar-refractivity contribution is 7.98. The van der Waals surface area contributed by atoms with Crippen LogP contribution in [0.4, 0.5) is 6.01 Å². The molecule has 27 heavy (non-hydrogen) atoms. The molecule has 2 aromatic carbocycles. The average Bonchev–Trinajstić information content (AvgIpc) is 3.08. The zero-order chi connectivity index (χ0) is 19.3. The van der Waals surface area contributed by atoms with Crippen LogP contribution in [0.25, 0.3) is 0 Å². The molecule has 9 heteroatoms. The fourth-order valence-electron chi connectivity index (χ4n) is 2.23. The first-order chi connectivity index (χ1) is 12.9. The van der Waals surface area contributed by atoms with Crippen LogP contribution in [0.2, 0.25) is 0 Å². The number of carbonyl (C=O) groups is 1. The lowest BCUT2D eigenvalue weighted by Gasteiger charge is -2.03. The van der Waals surface area contributed by atoms with Crippen LogP contribution in [0.15, 0.2) is 68.8 Å². The van der Waals surface area contributed by atoms with Gasteiger partial charge in [0.05, 0.1) is 17.1 Å². The number of aromatic nitrogens is 2. The second-order valence-corrected chi connectivity index (χ2v) is 8.81. The first kappa shape index (κ1) is 19.1. The summed E-state index contributed by atoms with van der Waals surface area (Å²) in [4.78, 5) is 13.4. The molecule has 1 amide bonds. The zero-order valence-electron chi connectivity index (χ0n) is 14.5. The molecule has 7 nitrogen and oxygen atoms in total. The Morgan fingerprint density at radius 2 is 1.78 bits per heavy atom. The average molecular weight is 403 g/mol. The van der Waals surface area contributed by atoms with Gasteiger partial charge in [0.25, 0.3) is 0 Å². The molecular weight excluding hydrogens is 386 g/mol. The molecule has 0 aliphatic rings. The normalized spacial score (nSPS) is 11.3. The predicted molar refractivity (Wildman–Crippen MR) is 102 cm³/mol. The monoisotopic (exact) mass is 403 g/mol. The molecule has 3 rings (SSSR count). The Labute approximate surface area is 161 Å². The van der Waals surface area contributed by atoms with Crippen molar-refractivity contribution in [3.63, 3.8) is 0 Å². The summed E-state index contributed by atoms with van der Waals surface area (Å²) in [5.41, 5.74) is 0.680. The van der Waals surface area contributed by atoms with Crippen LogP contribution in [0.5, 0.6) is 0 Å². The number of nitrogens with zero attached hydrogens (tertiary/aromatic N) is 2. The first-order valence-corrected chi connectivity index (χ1v) is 10.9. The molecule has 0 radical (unpaired) electrons. The van der Waals surface area contributed by atoms with E-state index in [1.165, 1.54) is 12.1 Å². The van der Waals surface area contributed by atoms with Crippen LogP contribution in [0.3, 0.4) is 0 Å². The van der Waals surface area contributed by atoms with Gasteiger partial charge in [0, 0.05) is 11.2 Å². The van der Waals surface area contributed by atoms with Gasteiger partial charge >= 0.3 is 6.01 Å². The maximum Gasteiger partial charge on any atom is 0.322 e. The van der Waals surface area contributed by atoms with Crippen molar-refractivity contribution in [2.45, 2.75) is 22.0 Å². The van der Waals surface area contributed by atoms with E-state index < -0.39 is 9.84 Å². The van der Waals surface area contributed by atoms with E-state index in [-0.39, 0.29) is 23.2 Å². The van der Waals surface area contributed by atoms with E-state index in [0.717, 1.165) is 11.2 Å². The van der Waals surface area contributed by atoms with Gasteiger partial charge in [0.1, 0.15) is 0 Å². The highest BCUT2D eigenvalue weighted by Crippen LogP contribution is 2.22. The molecule has 0 atom stereocenters. The molecule has 0 saturated carbocycles. The van der Waals surface area contributed by atoms with Crippen LogP contribution < -0.4 is 5.32 Å². The summed E-state index contributed by atoms with van der Waals surface area (Å²) < 4.78 is 28.3. The third-order valence-corrected chi connectivity index (χ3v) is 5.66. The quantitative estimate of drug-likeness (QED) is 0.605. The van der Waals surface area contributed by atoms with Crippen LogP contribution in [-0.2, 0) is 26.8 Å². The number of sulfone groups is 1. The van der Waals surface area contributed by atoms with E-state index in [4.69, 9.17) is 4.42 Å². The summed E-state index contributed by atoms with van der Waals surface area (Å²) in [7, 11) is -3.26. The molecule has 1 heterocycles. The summed E-state index contributed by atoms with van der Waals surface area (Å²) >= 11 is 1.55. The number of carbonyl (C=O) groups excluding carboxylic acids is 1. The second-order valence-electron chi connectivity index (χ2n) is 5.74. The van der Waals surface area contributed by atoms with Gasteiger partial charge in [-0.3, -0.25) is 10.1 Å². The van der Waals surface area contributed by atoms with Crippen molar-refractivity contribution in [1.82, 2.24) is 10.2 Å². The van der Waals surface area contributed by atoms with Crippen molar-refractivity contribution in [3.05, 3.63) is 66.1 Å². The third-order valence-electron chi connectivity index (χ3n) is 3.53. The first-order valence-electron chi connectivity index (χ1n) is 7.99. The van der Waals surface area contributed by atoms with Gasteiger partial charge in [-0.15, -0.1) is 16.9 Å². The molecule has 1 aromatic heterocycles. The number of rotatable bonds is 7. The van der Waals surface area contributed by atoms with Crippen LogP contribution in [-0.4, -0.2) is 30.8 Å². The van der Waals surface area contributed by atoms with E-state index >= 15 is 0 Å². The van der Waals surface area contributed by atoms with Crippen molar-refractivity contribution >= 4 is 33.5 Å². The van der Waals surface area contributed by atoms with Crippen molar-refractivity contribution in [2.24, 2.45) is 0 Å². The van der Waals surface area contributed by atoms with E-state index in [1.807, 2.05) is 30.3 Å². The number of thioether (sulfide) groups is 1. The maximum absolute atomic E-state index is 12.1. The van der Waals surface area contributed by atoms with E-state index in [0.29, 0.717) is 17.2 Å². The fourth-order valence-corrected chi connectivity index (χ4v) is 3.61. The second kappa shape index (κ2) is 8.36. The van der Waals surface area contributed by atoms with Gasteiger partial charge in [0.2, 0.25) is 11.8 Å². The minimum Gasteiger partial charge on any atom is -0.407 e. The standard InChI is InChI=1S/C18H17N3O4S2/c1-27(23,24)15-9-7-13(8-10-15)11-16(22)19-18-21-20-17(25-18)12-26-14-5-3-2-4-6-14/h2-10H,11-12H2,1H3,(H,19,21,22). The molecule has 0 saturated heterocycles. The molecular formula is C18H17N3O4S2.